The van der Waals surface area contributed by atoms with Crippen molar-refractivity contribution in [2.75, 3.05) is 18.4 Å². The number of nitrogens with zero attached hydrogens (tertiary/aromatic N) is 1. The van der Waals surface area contributed by atoms with Crippen LogP contribution < -0.4 is 20.7 Å². The van der Waals surface area contributed by atoms with Crippen LogP contribution in [-0.2, 0) is 17.8 Å². The lowest BCUT2D eigenvalue weighted by molar-refractivity contribution is -0.118. The van der Waals surface area contributed by atoms with Crippen LogP contribution in [0.25, 0.3) is 0 Å². The number of benzene rings is 2. The number of fused-ring (bicyclic) bond motifs is 1. The molecule has 1 unspecified atom stereocenters. The maximum atomic E-state index is 11.8. The molecule has 0 aliphatic carbocycles. The topological polar surface area (TPSA) is 74.8 Å². The minimum Gasteiger partial charge on any atom is -0.488 e. The van der Waals surface area contributed by atoms with E-state index in [1.807, 2.05) is 63.2 Å². The van der Waals surface area contributed by atoms with Gasteiger partial charge in [0.15, 0.2) is 5.96 Å². The molecule has 0 saturated carbocycles. The van der Waals surface area contributed by atoms with Crippen molar-refractivity contribution < 1.29 is 9.53 Å². The zero-order chi connectivity index (χ0) is 20.6. The summed E-state index contributed by atoms with van der Waals surface area (Å²) in [6.07, 6.45) is 1.02. The van der Waals surface area contributed by atoms with Gasteiger partial charge in [-0.2, -0.15) is 0 Å². The van der Waals surface area contributed by atoms with E-state index in [4.69, 9.17) is 4.74 Å². The molecule has 30 heavy (non-hydrogen) atoms. The van der Waals surface area contributed by atoms with Crippen LogP contribution in [0.4, 0.5) is 5.69 Å². The first kappa shape index (κ1) is 24.0. The van der Waals surface area contributed by atoms with Crippen molar-refractivity contribution in [2.24, 2.45) is 10.9 Å². The molecular formula is C23H31IN4O2. The van der Waals surface area contributed by atoms with Gasteiger partial charge in [-0.25, -0.2) is 4.99 Å². The van der Waals surface area contributed by atoms with Crippen molar-refractivity contribution in [3.05, 3.63) is 59.7 Å². The van der Waals surface area contributed by atoms with Crippen molar-refractivity contribution in [1.82, 2.24) is 10.6 Å². The Hall–Kier alpha value is -2.29. The quantitative estimate of drug-likeness (QED) is 0.293. The maximum absolute atomic E-state index is 11.8. The van der Waals surface area contributed by atoms with Crippen molar-refractivity contribution in [3.63, 3.8) is 0 Å². The highest BCUT2D eigenvalue weighted by molar-refractivity contribution is 14.0. The number of carbonyl (C=O) groups excluding carboxylic acids is 1. The number of anilines is 1. The van der Waals surface area contributed by atoms with Crippen LogP contribution in [0.2, 0.25) is 0 Å². The van der Waals surface area contributed by atoms with Crippen LogP contribution >= 0.6 is 24.0 Å². The Bertz CT molecular complexity index is 828. The van der Waals surface area contributed by atoms with E-state index in [0.717, 1.165) is 35.9 Å². The highest BCUT2D eigenvalue weighted by Crippen LogP contribution is 2.27. The Morgan fingerprint density at radius 3 is 2.53 bits per heavy atom. The average Bonchev–Trinajstić information content (AvgIpc) is 3.14. The summed E-state index contributed by atoms with van der Waals surface area (Å²) in [5, 5.41) is 9.55. The van der Waals surface area contributed by atoms with E-state index >= 15 is 0 Å². The molecule has 7 heteroatoms. The fourth-order valence-electron chi connectivity index (χ4n) is 3.07. The Kier molecular flexibility index (Phi) is 9.42. The molecule has 1 aliphatic heterocycles. The minimum absolute atomic E-state index is 0. The largest absolute Gasteiger partial charge is 0.488 e. The molecule has 1 amide bonds. The molecule has 3 N–H and O–H groups in total. The van der Waals surface area contributed by atoms with E-state index < -0.39 is 0 Å². The first-order valence-corrected chi connectivity index (χ1v) is 10.2. The lowest BCUT2D eigenvalue weighted by atomic mass is 10.1. The van der Waals surface area contributed by atoms with Crippen molar-refractivity contribution in [2.45, 2.75) is 39.8 Å². The SMILES string of the molecule is CCNC(=NCc1ccc(NC(=O)C(C)C)cc1)NCC1Cc2ccccc2O1.I. The summed E-state index contributed by atoms with van der Waals surface area (Å²) in [6.45, 7) is 7.84. The summed E-state index contributed by atoms with van der Waals surface area (Å²) >= 11 is 0. The van der Waals surface area contributed by atoms with Crippen molar-refractivity contribution in [3.8, 4) is 5.75 Å². The van der Waals surface area contributed by atoms with Gasteiger partial charge in [-0.05, 0) is 36.2 Å². The molecule has 0 aromatic heterocycles. The van der Waals surface area contributed by atoms with Gasteiger partial charge in [0.1, 0.15) is 11.9 Å². The summed E-state index contributed by atoms with van der Waals surface area (Å²) in [4.78, 5) is 16.4. The molecule has 1 heterocycles. The van der Waals surface area contributed by atoms with Gasteiger partial charge in [-0.3, -0.25) is 4.79 Å². The minimum atomic E-state index is -0.0373. The van der Waals surface area contributed by atoms with Crippen LogP contribution in [-0.4, -0.2) is 31.1 Å². The van der Waals surface area contributed by atoms with Gasteiger partial charge in [0.2, 0.25) is 5.91 Å². The lowest BCUT2D eigenvalue weighted by Crippen LogP contribution is -2.42. The molecule has 1 aliphatic rings. The van der Waals surface area contributed by atoms with Crippen LogP contribution in [0.5, 0.6) is 5.75 Å². The number of carbonyl (C=O) groups is 1. The van der Waals surface area contributed by atoms with Gasteiger partial charge in [-0.15, -0.1) is 24.0 Å². The summed E-state index contributed by atoms with van der Waals surface area (Å²) in [7, 11) is 0. The second kappa shape index (κ2) is 11.8. The number of hydrogen-bond donors (Lipinski definition) is 3. The molecule has 0 saturated heterocycles. The zero-order valence-corrected chi connectivity index (χ0v) is 20.1. The van der Waals surface area contributed by atoms with E-state index in [-0.39, 0.29) is 41.9 Å². The molecule has 6 nitrogen and oxygen atoms in total. The number of hydrogen-bond acceptors (Lipinski definition) is 3. The number of aliphatic imine (C=N–C) groups is 1. The van der Waals surface area contributed by atoms with Crippen molar-refractivity contribution >= 4 is 41.5 Å². The average molecular weight is 522 g/mol. The predicted molar refractivity (Wildman–Crippen MR) is 133 cm³/mol. The van der Waals surface area contributed by atoms with Crippen molar-refractivity contribution in [1.29, 1.82) is 0 Å². The standard InChI is InChI=1S/C23H30N4O2.HI/c1-4-24-23(26-15-20-13-18-7-5-6-8-21(18)29-20)25-14-17-9-11-19(12-10-17)27-22(28)16(2)3;/h5-12,16,20H,4,13-15H2,1-3H3,(H,27,28)(H2,24,25,26);1H. The zero-order valence-electron chi connectivity index (χ0n) is 17.8. The van der Waals surface area contributed by atoms with E-state index in [9.17, 15) is 4.79 Å². The Labute approximate surface area is 195 Å². The molecule has 0 fully saturated rings. The number of para-hydroxylation sites is 1. The normalized spacial score (nSPS) is 15.1. The monoisotopic (exact) mass is 522 g/mol. The summed E-state index contributed by atoms with van der Waals surface area (Å²) in [5.74, 6) is 1.73. The van der Waals surface area contributed by atoms with Crippen LogP contribution in [0.3, 0.4) is 0 Å². The van der Waals surface area contributed by atoms with Gasteiger partial charge in [0.05, 0.1) is 13.1 Å². The predicted octanol–water partition coefficient (Wildman–Crippen LogP) is 3.96. The number of halogens is 1. The van der Waals surface area contributed by atoms with Gasteiger partial charge in [0.25, 0.3) is 0 Å². The van der Waals surface area contributed by atoms with E-state index in [1.165, 1.54) is 5.56 Å². The van der Waals surface area contributed by atoms with Gasteiger partial charge in [-0.1, -0.05) is 44.2 Å². The van der Waals surface area contributed by atoms with Gasteiger partial charge >= 0.3 is 0 Å². The van der Waals surface area contributed by atoms with Crippen LogP contribution in [0.1, 0.15) is 31.9 Å². The fraction of sp³-hybridized carbons (Fsp3) is 0.391. The molecule has 0 bridgehead atoms. The number of amides is 1. The first-order valence-electron chi connectivity index (χ1n) is 10.2. The molecule has 0 radical (unpaired) electrons. The maximum Gasteiger partial charge on any atom is 0.226 e. The summed E-state index contributed by atoms with van der Waals surface area (Å²) in [6, 6.07) is 16.0. The third-order valence-corrected chi connectivity index (χ3v) is 4.72. The van der Waals surface area contributed by atoms with E-state index in [2.05, 4.69) is 27.0 Å². The number of guanidine groups is 1. The van der Waals surface area contributed by atoms with Crippen LogP contribution in [0, 0.1) is 5.92 Å². The first-order chi connectivity index (χ1) is 14.0. The highest BCUT2D eigenvalue weighted by atomic mass is 127. The van der Waals surface area contributed by atoms with E-state index in [0.29, 0.717) is 13.1 Å². The van der Waals surface area contributed by atoms with Gasteiger partial charge in [0, 0.05) is 24.6 Å². The summed E-state index contributed by atoms with van der Waals surface area (Å²) < 4.78 is 5.98. The third kappa shape index (κ3) is 6.90. The molecule has 2 aromatic carbocycles. The number of rotatable bonds is 7. The highest BCUT2D eigenvalue weighted by Gasteiger charge is 2.22. The molecule has 3 rings (SSSR count). The Morgan fingerprint density at radius 2 is 1.87 bits per heavy atom. The molecular weight excluding hydrogens is 491 g/mol. The molecule has 162 valence electrons. The molecule has 0 spiro atoms. The number of nitrogens with one attached hydrogen (secondary N) is 3. The second-order valence-corrected chi connectivity index (χ2v) is 7.47. The number of ether oxygens (including phenoxy) is 1. The fourth-order valence-corrected chi connectivity index (χ4v) is 3.07. The van der Waals surface area contributed by atoms with Crippen LogP contribution in [0.15, 0.2) is 53.5 Å². The Balaban J connectivity index is 0.00000320. The Morgan fingerprint density at radius 1 is 1.13 bits per heavy atom. The smallest absolute Gasteiger partial charge is 0.226 e. The van der Waals surface area contributed by atoms with E-state index in [1.54, 1.807) is 0 Å². The third-order valence-electron chi connectivity index (χ3n) is 4.72. The molecule has 1 atom stereocenters. The molecule has 2 aromatic rings. The second-order valence-electron chi connectivity index (χ2n) is 7.47. The lowest BCUT2D eigenvalue weighted by Gasteiger charge is -2.15. The van der Waals surface area contributed by atoms with Gasteiger partial charge < -0.3 is 20.7 Å². The summed E-state index contributed by atoms with van der Waals surface area (Å²) in [5.41, 5.74) is 3.14.